The lowest BCUT2D eigenvalue weighted by Gasteiger charge is -2.11. The fraction of sp³-hybridized carbons (Fsp3) is 0.0952. The zero-order valence-electron chi connectivity index (χ0n) is 15.4. The molecule has 0 bridgehead atoms. The zero-order valence-corrected chi connectivity index (χ0v) is 17.8. The van der Waals surface area contributed by atoms with Crippen molar-refractivity contribution >= 4 is 49.7 Å². The maximum atomic E-state index is 12.8. The highest BCUT2D eigenvalue weighted by molar-refractivity contribution is 7.92. The van der Waals surface area contributed by atoms with E-state index in [0.717, 1.165) is 22.6 Å². The summed E-state index contributed by atoms with van der Waals surface area (Å²) in [5.74, 6) is 0. The van der Waals surface area contributed by atoms with Gasteiger partial charge in [-0.3, -0.25) is 13.5 Å². The topological polar surface area (TPSA) is 68.2 Å². The van der Waals surface area contributed by atoms with E-state index in [1.54, 1.807) is 37.3 Å². The van der Waals surface area contributed by atoms with Crippen LogP contribution in [0, 0.1) is 6.92 Å². The van der Waals surface area contributed by atoms with Crippen LogP contribution in [0.3, 0.4) is 0 Å². The highest BCUT2D eigenvalue weighted by Crippen LogP contribution is 2.26. The van der Waals surface area contributed by atoms with Gasteiger partial charge in [0.1, 0.15) is 0 Å². The van der Waals surface area contributed by atoms with Crippen molar-refractivity contribution in [1.82, 2.24) is 3.96 Å². The van der Waals surface area contributed by atoms with Gasteiger partial charge in [-0.25, -0.2) is 8.42 Å². The van der Waals surface area contributed by atoms with Crippen LogP contribution in [0.15, 0.2) is 76.4 Å². The van der Waals surface area contributed by atoms with E-state index in [-0.39, 0.29) is 9.64 Å². The third-order valence-corrected chi connectivity index (χ3v) is 7.47. The van der Waals surface area contributed by atoms with Crippen LogP contribution in [0.25, 0.3) is 10.9 Å². The number of rotatable bonds is 5. The van der Waals surface area contributed by atoms with Crippen molar-refractivity contribution in [1.29, 1.82) is 0 Å². The fourth-order valence-electron chi connectivity index (χ4n) is 3.13. The summed E-state index contributed by atoms with van der Waals surface area (Å²) in [7, 11) is -3.83. The molecule has 0 aliphatic carbocycles. The number of nitrogens with zero attached hydrogens (tertiary/aromatic N) is 1. The first kappa shape index (κ1) is 19.7. The summed E-state index contributed by atoms with van der Waals surface area (Å²) in [6, 6.07) is 19.6. The van der Waals surface area contributed by atoms with E-state index < -0.39 is 10.0 Å². The number of hydrogen-bond acceptors (Lipinski definition) is 4. The van der Waals surface area contributed by atoms with Gasteiger partial charge in [0, 0.05) is 10.7 Å². The molecule has 0 fully saturated rings. The lowest BCUT2D eigenvalue weighted by molar-refractivity contribution is 0.600. The quantitative estimate of drug-likeness (QED) is 0.477. The Morgan fingerprint density at radius 2 is 1.79 bits per heavy atom. The van der Waals surface area contributed by atoms with Crippen LogP contribution < -0.4 is 9.46 Å². The summed E-state index contributed by atoms with van der Waals surface area (Å²) in [6.45, 7) is 2.23. The lowest BCUT2D eigenvalue weighted by atomic mass is 10.2. The Kier molecular flexibility index (Phi) is 5.21. The molecule has 0 unspecified atom stereocenters. The normalized spacial score (nSPS) is 11.7. The molecule has 0 radical (unpaired) electrons. The molecule has 5 nitrogen and oxygen atoms in total. The van der Waals surface area contributed by atoms with E-state index in [1.165, 1.54) is 6.07 Å². The predicted molar refractivity (Wildman–Crippen MR) is 119 cm³/mol. The minimum Gasteiger partial charge on any atom is -0.290 e. The van der Waals surface area contributed by atoms with Crippen molar-refractivity contribution in [3.8, 4) is 0 Å². The smallest absolute Gasteiger partial charge is 0.262 e. The molecule has 4 rings (SSSR count). The Labute approximate surface area is 177 Å². The summed E-state index contributed by atoms with van der Waals surface area (Å²) >= 11 is 7.17. The van der Waals surface area contributed by atoms with Crippen LogP contribution >= 0.6 is 23.1 Å². The number of anilines is 1. The summed E-state index contributed by atoms with van der Waals surface area (Å²) < 4.78 is 29.9. The molecule has 1 N–H and O–H groups in total. The Morgan fingerprint density at radius 1 is 1.03 bits per heavy atom. The van der Waals surface area contributed by atoms with E-state index in [9.17, 15) is 13.2 Å². The van der Waals surface area contributed by atoms with Gasteiger partial charge in [0.15, 0.2) is 0 Å². The summed E-state index contributed by atoms with van der Waals surface area (Å²) in [6.07, 6.45) is 0. The standard InChI is InChI=1S/C21H17ClN2O3S2/c1-14-18(22)8-5-9-20(14)29(26,27)23-16-10-11-19-17(12-16)21(25)28-24(19)13-15-6-3-2-4-7-15/h2-12,23H,13H2,1H3. The van der Waals surface area contributed by atoms with Crippen molar-refractivity contribution < 1.29 is 8.42 Å². The van der Waals surface area contributed by atoms with Gasteiger partial charge in [0.25, 0.3) is 14.8 Å². The molecule has 29 heavy (non-hydrogen) atoms. The largest absolute Gasteiger partial charge is 0.290 e. The van der Waals surface area contributed by atoms with Gasteiger partial charge in [-0.15, -0.1) is 0 Å². The van der Waals surface area contributed by atoms with Crippen molar-refractivity contribution in [2.45, 2.75) is 18.4 Å². The molecule has 148 valence electrons. The Bertz CT molecular complexity index is 1360. The van der Waals surface area contributed by atoms with Crippen molar-refractivity contribution in [2.24, 2.45) is 0 Å². The van der Waals surface area contributed by atoms with Gasteiger partial charge in [0.05, 0.1) is 22.3 Å². The van der Waals surface area contributed by atoms with Gasteiger partial charge in [-0.2, -0.15) is 0 Å². The maximum absolute atomic E-state index is 12.8. The molecule has 1 aromatic heterocycles. The Morgan fingerprint density at radius 3 is 2.55 bits per heavy atom. The van der Waals surface area contributed by atoms with Crippen molar-refractivity contribution in [3.63, 3.8) is 0 Å². The first-order valence-corrected chi connectivity index (χ1v) is 11.4. The fourth-order valence-corrected chi connectivity index (χ4v) is 5.62. The number of hydrogen-bond donors (Lipinski definition) is 1. The highest BCUT2D eigenvalue weighted by atomic mass is 35.5. The van der Waals surface area contributed by atoms with Gasteiger partial charge in [-0.05, 0) is 59.9 Å². The first-order chi connectivity index (χ1) is 13.8. The minimum absolute atomic E-state index is 0.108. The second-order valence-electron chi connectivity index (χ2n) is 6.60. The summed E-state index contributed by atoms with van der Waals surface area (Å²) in [5.41, 5.74) is 2.66. The van der Waals surface area contributed by atoms with E-state index in [0.29, 0.717) is 28.2 Å². The number of nitrogens with one attached hydrogen (secondary N) is 1. The second-order valence-corrected chi connectivity index (χ2v) is 9.65. The summed E-state index contributed by atoms with van der Waals surface area (Å²) in [4.78, 5) is 12.6. The predicted octanol–water partition coefficient (Wildman–Crippen LogP) is 4.87. The molecular formula is C21H17ClN2O3S2. The van der Waals surface area contributed by atoms with Gasteiger partial charge in [0.2, 0.25) is 0 Å². The lowest BCUT2D eigenvalue weighted by Crippen LogP contribution is -2.14. The second kappa shape index (κ2) is 7.67. The van der Waals surface area contributed by atoms with E-state index in [2.05, 4.69) is 4.72 Å². The van der Waals surface area contributed by atoms with Crippen LogP contribution in [0.1, 0.15) is 11.1 Å². The molecule has 8 heteroatoms. The van der Waals surface area contributed by atoms with Crippen molar-refractivity contribution in [2.75, 3.05) is 4.72 Å². The van der Waals surface area contributed by atoms with E-state index in [4.69, 9.17) is 11.6 Å². The molecule has 0 atom stereocenters. The number of sulfonamides is 1. The van der Waals surface area contributed by atoms with Crippen LogP contribution in [-0.2, 0) is 16.6 Å². The molecule has 0 spiro atoms. The number of fused-ring (bicyclic) bond motifs is 1. The maximum Gasteiger partial charge on any atom is 0.262 e. The van der Waals surface area contributed by atoms with Gasteiger partial charge >= 0.3 is 0 Å². The molecule has 1 heterocycles. The van der Waals surface area contributed by atoms with Crippen LogP contribution in [0.4, 0.5) is 5.69 Å². The minimum atomic E-state index is -3.83. The molecule has 4 aromatic rings. The number of halogens is 1. The van der Waals surface area contributed by atoms with Crippen LogP contribution in [-0.4, -0.2) is 12.4 Å². The Hall–Kier alpha value is -2.61. The molecule has 0 aliphatic rings. The average molecular weight is 445 g/mol. The molecule has 0 saturated carbocycles. The molecular weight excluding hydrogens is 428 g/mol. The van der Waals surface area contributed by atoms with Gasteiger partial charge in [-0.1, -0.05) is 48.0 Å². The average Bonchev–Trinajstić information content (AvgIpc) is 2.99. The van der Waals surface area contributed by atoms with Crippen molar-refractivity contribution in [3.05, 3.63) is 92.4 Å². The number of benzene rings is 3. The third-order valence-electron chi connectivity index (χ3n) is 4.61. The van der Waals surface area contributed by atoms with Crippen LogP contribution in [0.5, 0.6) is 0 Å². The zero-order chi connectivity index (χ0) is 20.6. The van der Waals surface area contributed by atoms with E-state index >= 15 is 0 Å². The Balaban J connectivity index is 1.69. The molecule has 0 amide bonds. The van der Waals surface area contributed by atoms with E-state index in [1.807, 2.05) is 34.3 Å². The highest BCUT2D eigenvalue weighted by Gasteiger charge is 2.19. The van der Waals surface area contributed by atoms with Crippen LogP contribution in [0.2, 0.25) is 5.02 Å². The van der Waals surface area contributed by atoms with Gasteiger partial charge < -0.3 is 0 Å². The summed E-state index contributed by atoms with van der Waals surface area (Å²) in [5, 5.41) is 0.860. The molecule has 0 aliphatic heterocycles. The monoisotopic (exact) mass is 444 g/mol. The molecule has 3 aromatic carbocycles. The molecule has 0 saturated heterocycles. The number of aromatic nitrogens is 1. The third kappa shape index (κ3) is 3.94. The SMILES string of the molecule is Cc1c(Cl)cccc1S(=O)(=O)Nc1ccc2c(c1)c(=O)sn2Cc1ccccc1. The first-order valence-electron chi connectivity index (χ1n) is 8.81.